The Bertz CT molecular complexity index is 744. The van der Waals surface area contributed by atoms with Gasteiger partial charge in [0.25, 0.3) is 0 Å². The fourth-order valence-corrected chi connectivity index (χ4v) is 3.62. The van der Waals surface area contributed by atoms with E-state index in [1.54, 1.807) is 32.4 Å². The van der Waals surface area contributed by atoms with E-state index in [1.165, 1.54) is 37.0 Å². The van der Waals surface area contributed by atoms with Crippen LogP contribution in [0.1, 0.15) is 25.7 Å². The maximum atomic E-state index is 12.2. The zero-order chi connectivity index (χ0) is 18.4. The predicted molar refractivity (Wildman–Crippen MR) is 103 cm³/mol. The van der Waals surface area contributed by atoms with Crippen molar-refractivity contribution < 1.29 is 14.3 Å². The minimum atomic E-state index is -0.379. The highest BCUT2D eigenvalue weighted by Crippen LogP contribution is 2.30. The van der Waals surface area contributed by atoms with Gasteiger partial charge in [-0.25, -0.2) is 4.79 Å². The zero-order valence-electron chi connectivity index (χ0n) is 14.9. The van der Waals surface area contributed by atoms with Gasteiger partial charge in [-0.1, -0.05) is 24.2 Å². The van der Waals surface area contributed by atoms with Gasteiger partial charge >= 0.3 is 6.03 Å². The van der Waals surface area contributed by atoms with Gasteiger partial charge in [-0.2, -0.15) is 0 Å². The van der Waals surface area contributed by atoms with Crippen molar-refractivity contribution in [2.24, 2.45) is 0 Å². The Morgan fingerprint density at radius 1 is 1.04 bits per heavy atom. The molecule has 0 bridgehead atoms. The van der Waals surface area contributed by atoms with Crippen LogP contribution in [0.3, 0.4) is 0 Å². The minimum Gasteiger partial charge on any atom is -0.493 e. The van der Waals surface area contributed by atoms with E-state index in [0.717, 1.165) is 18.2 Å². The highest BCUT2D eigenvalue weighted by molar-refractivity contribution is 7.19. The van der Waals surface area contributed by atoms with Crippen LogP contribution < -0.4 is 25.0 Å². The molecular weight excluding hydrogens is 354 g/mol. The van der Waals surface area contributed by atoms with Crippen LogP contribution in [0, 0.1) is 0 Å². The van der Waals surface area contributed by atoms with Crippen molar-refractivity contribution >= 4 is 33.3 Å². The summed E-state index contributed by atoms with van der Waals surface area (Å²) in [4.78, 5) is 14.4. The van der Waals surface area contributed by atoms with E-state index in [-0.39, 0.29) is 6.03 Å². The molecule has 1 aliphatic heterocycles. The number of ether oxygens (including phenoxy) is 2. The molecule has 0 saturated carbocycles. The largest absolute Gasteiger partial charge is 0.493 e. The fraction of sp³-hybridized carbons (Fsp3) is 0.471. The van der Waals surface area contributed by atoms with Crippen molar-refractivity contribution in [3.05, 3.63) is 18.2 Å². The molecule has 2 aromatic rings. The molecule has 1 fully saturated rings. The topological polar surface area (TPSA) is 88.6 Å². The molecule has 2 heterocycles. The molecule has 1 aliphatic rings. The number of rotatable bonds is 5. The van der Waals surface area contributed by atoms with Gasteiger partial charge in [-0.05, 0) is 25.0 Å². The number of nitrogens with zero attached hydrogens (tertiary/aromatic N) is 3. The van der Waals surface area contributed by atoms with Gasteiger partial charge < -0.3 is 19.7 Å². The third-order valence-corrected chi connectivity index (χ3v) is 5.05. The number of urea groups is 1. The molecule has 0 unspecified atom stereocenters. The van der Waals surface area contributed by atoms with Crippen LogP contribution in [0.15, 0.2) is 18.2 Å². The number of anilines is 3. The minimum absolute atomic E-state index is 0.379. The summed E-state index contributed by atoms with van der Waals surface area (Å²) in [5.74, 6) is 1.15. The number of amides is 2. The van der Waals surface area contributed by atoms with Crippen LogP contribution in [0.4, 0.5) is 20.7 Å². The van der Waals surface area contributed by atoms with Crippen LogP contribution in [0.2, 0.25) is 0 Å². The molecule has 2 N–H and O–H groups in total. The van der Waals surface area contributed by atoms with Gasteiger partial charge in [0.15, 0.2) is 11.5 Å². The van der Waals surface area contributed by atoms with E-state index in [2.05, 4.69) is 25.7 Å². The molecule has 8 nitrogen and oxygen atoms in total. The van der Waals surface area contributed by atoms with Crippen LogP contribution >= 0.6 is 11.3 Å². The normalized spacial score (nSPS) is 14.5. The Labute approximate surface area is 156 Å². The Hall–Kier alpha value is -2.55. The second-order valence-electron chi connectivity index (χ2n) is 5.94. The molecule has 0 atom stereocenters. The van der Waals surface area contributed by atoms with E-state index in [9.17, 15) is 4.79 Å². The van der Waals surface area contributed by atoms with Gasteiger partial charge in [0.05, 0.1) is 14.2 Å². The van der Waals surface area contributed by atoms with Gasteiger partial charge in [0.2, 0.25) is 10.3 Å². The van der Waals surface area contributed by atoms with E-state index < -0.39 is 0 Å². The lowest BCUT2D eigenvalue weighted by atomic mass is 10.2. The number of carbonyl (C=O) groups excluding carboxylic acids is 1. The van der Waals surface area contributed by atoms with Crippen molar-refractivity contribution in [3.8, 4) is 11.5 Å². The molecule has 9 heteroatoms. The van der Waals surface area contributed by atoms with E-state index in [0.29, 0.717) is 22.3 Å². The SMILES string of the molecule is COc1ccc(NC(=O)Nc2nnc(N3CCCCCC3)s2)cc1OC. The van der Waals surface area contributed by atoms with Crippen molar-refractivity contribution in [3.63, 3.8) is 0 Å². The van der Waals surface area contributed by atoms with Crippen molar-refractivity contribution in [2.45, 2.75) is 25.7 Å². The third-order valence-electron chi connectivity index (χ3n) is 4.15. The highest BCUT2D eigenvalue weighted by atomic mass is 32.1. The lowest BCUT2D eigenvalue weighted by molar-refractivity contribution is 0.262. The van der Waals surface area contributed by atoms with Gasteiger partial charge in [-0.3, -0.25) is 5.32 Å². The Balaban J connectivity index is 1.60. The summed E-state index contributed by atoms with van der Waals surface area (Å²) < 4.78 is 10.4. The molecule has 1 aromatic heterocycles. The van der Waals surface area contributed by atoms with E-state index >= 15 is 0 Å². The number of methoxy groups -OCH3 is 2. The number of benzene rings is 1. The maximum Gasteiger partial charge on any atom is 0.325 e. The monoisotopic (exact) mass is 377 g/mol. The molecule has 0 radical (unpaired) electrons. The molecule has 0 aliphatic carbocycles. The van der Waals surface area contributed by atoms with Gasteiger partial charge in [-0.15, -0.1) is 10.2 Å². The number of hydrogen-bond acceptors (Lipinski definition) is 7. The second-order valence-corrected chi connectivity index (χ2v) is 6.90. The number of nitrogens with one attached hydrogen (secondary N) is 2. The fourth-order valence-electron chi connectivity index (χ4n) is 2.83. The smallest absolute Gasteiger partial charge is 0.325 e. The van der Waals surface area contributed by atoms with E-state index in [4.69, 9.17) is 9.47 Å². The predicted octanol–water partition coefficient (Wildman–Crippen LogP) is 3.58. The molecular formula is C17H23N5O3S. The first-order valence-electron chi connectivity index (χ1n) is 8.58. The standard InChI is InChI=1S/C17H23N5O3S/c1-24-13-8-7-12(11-14(13)25-2)18-15(23)19-16-20-21-17(26-16)22-9-5-3-4-6-10-22/h7-8,11H,3-6,9-10H2,1-2H3,(H2,18,19,20,23). The second kappa shape index (κ2) is 8.70. The number of hydrogen-bond donors (Lipinski definition) is 2. The van der Waals surface area contributed by atoms with Crippen molar-refractivity contribution in [2.75, 3.05) is 42.8 Å². The summed E-state index contributed by atoms with van der Waals surface area (Å²) >= 11 is 1.39. The summed E-state index contributed by atoms with van der Waals surface area (Å²) in [5, 5.41) is 15.1. The summed E-state index contributed by atoms with van der Waals surface area (Å²) in [6.45, 7) is 1.99. The first-order chi connectivity index (χ1) is 12.7. The van der Waals surface area contributed by atoms with Crippen molar-refractivity contribution in [1.82, 2.24) is 10.2 Å². The lowest BCUT2D eigenvalue weighted by Crippen LogP contribution is -2.23. The zero-order valence-corrected chi connectivity index (χ0v) is 15.8. The molecule has 26 heavy (non-hydrogen) atoms. The van der Waals surface area contributed by atoms with E-state index in [1.807, 2.05) is 0 Å². The summed E-state index contributed by atoms with van der Waals surface area (Å²) in [7, 11) is 3.11. The first-order valence-corrected chi connectivity index (χ1v) is 9.39. The molecule has 140 valence electrons. The van der Waals surface area contributed by atoms with Crippen LogP contribution in [0.25, 0.3) is 0 Å². The van der Waals surface area contributed by atoms with Crippen molar-refractivity contribution in [1.29, 1.82) is 0 Å². The van der Waals surface area contributed by atoms with Gasteiger partial charge in [0.1, 0.15) is 0 Å². The molecule has 1 saturated heterocycles. The summed E-state index contributed by atoms with van der Waals surface area (Å²) in [6.07, 6.45) is 4.85. The summed E-state index contributed by atoms with van der Waals surface area (Å²) in [5.41, 5.74) is 0.595. The quantitative estimate of drug-likeness (QED) is 0.828. The highest BCUT2D eigenvalue weighted by Gasteiger charge is 2.16. The molecule has 0 spiro atoms. The molecule has 2 amide bonds. The van der Waals surface area contributed by atoms with Crippen LogP contribution in [-0.4, -0.2) is 43.5 Å². The average Bonchev–Trinajstić information content (AvgIpc) is 2.93. The molecule has 1 aromatic carbocycles. The average molecular weight is 377 g/mol. The van der Waals surface area contributed by atoms with Crippen LogP contribution in [0.5, 0.6) is 11.5 Å². The Morgan fingerprint density at radius 2 is 1.77 bits per heavy atom. The number of aromatic nitrogens is 2. The van der Waals surface area contributed by atoms with Crippen LogP contribution in [-0.2, 0) is 0 Å². The molecule has 3 rings (SSSR count). The van der Waals surface area contributed by atoms with Gasteiger partial charge in [0, 0.05) is 24.8 Å². The summed E-state index contributed by atoms with van der Waals surface area (Å²) in [6, 6.07) is 4.79. The Kier molecular flexibility index (Phi) is 6.11. The maximum absolute atomic E-state index is 12.2. The first kappa shape index (κ1) is 18.2. The number of carbonyl (C=O) groups is 1. The lowest BCUT2D eigenvalue weighted by Gasteiger charge is -2.17. The Morgan fingerprint density at radius 3 is 2.46 bits per heavy atom. The third kappa shape index (κ3) is 4.54.